The van der Waals surface area contributed by atoms with Crippen LogP contribution in [0.25, 0.3) is 0 Å². The quantitative estimate of drug-likeness (QED) is 0.578. The van der Waals surface area contributed by atoms with Gasteiger partial charge in [-0.25, -0.2) is 0 Å². The van der Waals surface area contributed by atoms with Gasteiger partial charge in [0.25, 0.3) is 0 Å². The first kappa shape index (κ1) is 9.45. The molecule has 5 heteroatoms. The lowest BCUT2D eigenvalue weighted by molar-refractivity contribution is -0.151. The fourth-order valence-corrected chi connectivity index (χ4v) is 5.89. The van der Waals surface area contributed by atoms with Gasteiger partial charge in [-0.05, 0) is 24.2 Å². The maximum absolute atomic E-state index is 11.8. The Balaban J connectivity index is 1.89. The van der Waals surface area contributed by atoms with Crippen molar-refractivity contribution in [2.24, 2.45) is 29.1 Å². The standard InChI is InChI=1S/C11H11BrO4/c12-7-5-3(9(13)14)4-6(11(5)1-2-11)8(7)16-10(4)15/h3-8H,1-2H2,(H,13,14)/t3-,4+,5+,6+,7-,8+/m1/s1. The van der Waals surface area contributed by atoms with Crippen LogP contribution in [0.4, 0.5) is 0 Å². The molecule has 0 unspecified atom stereocenters. The SMILES string of the molecule is O=C(O)[C@@H]1[C@@H]2C(=O)O[C@@H]3[C@H](Br)[C@H]1C1(CC1)[C@H]32. The minimum Gasteiger partial charge on any atom is -0.481 e. The number of carboxylic acids is 1. The van der Waals surface area contributed by atoms with E-state index in [9.17, 15) is 14.7 Å². The molecule has 3 aliphatic carbocycles. The highest BCUT2D eigenvalue weighted by Gasteiger charge is 2.81. The van der Waals surface area contributed by atoms with Crippen molar-refractivity contribution >= 4 is 27.9 Å². The summed E-state index contributed by atoms with van der Waals surface area (Å²) in [6.45, 7) is 0. The molecule has 0 aromatic carbocycles. The zero-order valence-electron chi connectivity index (χ0n) is 8.43. The molecule has 2 bridgehead atoms. The second-order valence-corrected chi connectivity index (χ2v) is 6.58. The highest BCUT2D eigenvalue weighted by Crippen LogP contribution is 2.77. The summed E-state index contributed by atoms with van der Waals surface area (Å²) in [5, 5.41) is 9.32. The number of hydrogen-bond acceptors (Lipinski definition) is 3. The second kappa shape index (κ2) is 2.47. The van der Waals surface area contributed by atoms with Crippen LogP contribution in [0, 0.1) is 29.1 Å². The van der Waals surface area contributed by atoms with E-state index < -0.39 is 11.9 Å². The zero-order chi connectivity index (χ0) is 11.2. The monoisotopic (exact) mass is 286 g/mol. The minimum atomic E-state index is -0.828. The largest absolute Gasteiger partial charge is 0.481 e. The smallest absolute Gasteiger partial charge is 0.310 e. The third kappa shape index (κ3) is 0.753. The summed E-state index contributed by atoms with van der Waals surface area (Å²) in [5.74, 6) is -1.75. The first-order valence-electron chi connectivity index (χ1n) is 5.65. The van der Waals surface area contributed by atoms with E-state index in [2.05, 4.69) is 15.9 Å². The maximum atomic E-state index is 11.8. The zero-order valence-corrected chi connectivity index (χ0v) is 10.0. The van der Waals surface area contributed by atoms with E-state index in [1.54, 1.807) is 0 Å². The van der Waals surface area contributed by atoms with Gasteiger partial charge in [-0.15, -0.1) is 0 Å². The third-order valence-electron chi connectivity index (χ3n) is 5.14. The van der Waals surface area contributed by atoms with Gasteiger partial charge in [0.15, 0.2) is 0 Å². The van der Waals surface area contributed by atoms with Gasteiger partial charge in [0.05, 0.1) is 16.7 Å². The molecule has 3 saturated carbocycles. The molecule has 1 spiro atoms. The van der Waals surface area contributed by atoms with Crippen molar-refractivity contribution < 1.29 is 19.4 Å². The topological polar surface area (TPSA) is 63.6 Å². The predicted octanol–water partition coefficient (Wildman–Crippen LogP) is 1.03. The Morgan fingerprint density at radius 1 is 1.44 bits per heavy atom. The van der Waals surface area contributed by atoms with Gasteiger partial charge >= 0.3 is 11.9 Å². The van der Waals surface area contributed by atoms with Crippen molar-refractivity contribution in [2.45, 2.75) is 23.8 Å². The fourth-order valence-electron chi connectivity index (χ4n) is 4.60. The molecule has 0 aromatic heterocycles. The maximum Gasteiger partial charge on any atom is 0.310 e. The van der Waals surface area contributed by atoms with Crippen molar-refractivity contribution in [3.63, 3.8) is 0 Å². The highest BCUT2D eigenvalue weighted by molar-refractivity contribution is 9.09. The molecule has 0 amide bonds. The second-order valence-electron chi connectivity index (χ2n) is 5.52. The van der Waals surface area contributed by atoms with Crippen LogP contribution < -0.4 is 0 Å². The number of halogens is 1. The number of ether oxygens (including phenoxy) is 1. The third-order valence-corrected chi connectivity index (χ3v) is 6.23. The van der Waals surface area contributed by atoms with E-state index in [1.807, 2.05) is 0 Å². The van der Waals surface area contributed by atoms with Gasteiger partial charge in [0.2, 0.25) is 0 Å². The summed E-state index contributed by atoms with van der Waals surface area (Å²) < 4.78 is 5.36. The minimum absolute atomic E-state index is 0.0452. The van der Waals surface area contributed by atoms with Crippen LogP contribution in [-0.4, -0.2) is 28.0 Å². The molecule has 0 aromatic rings. The molecule has 4 nitrogen and oxygen atoms in total. The first-order valence-corrected chi connectivity index (χ1v) is 6.57. The number of hydrogen-bond donors (Lipinski definition) is 1. The summed E-state index contributed by atoms with van der Waals surface area (Å²) in [6.07, 6.45) is 2.07. The normalized spacial score (nSPS) is 54.4. The summed E-state index contributed by atoms with van der Waals surface area (Å²) in [6, 6.07) is 0. The van der Waals surface area contributed by atoms with Gasteiger partial charge in [0, 0.05) is 5.92 Å². The Morgan fingerprint density at radius 3 is 2.69 bits per heavy atom. The van der Waals surface area contributed by atoms with Gasteiger partial charge < -0.3 is 9.84 Å². The molecule has 4 aliphatic rings. The fraction of sp³-hybridized carbons (Fsp3) is 0.818. The number of alkyl halides is 1. The van der Waals surface area contributed by atoms with Crippen LogP contribution in [0.3, 0.4) is 0 Å². The molecule has 0 radical (unpaired) electrons. The molecule has 1 heterocycles. The van der Waals surface area contributed by atoms with Crippen LogP contribution in [0.5, 0.6) is 0 Å². The van der Waals surface area contributed by atoms with Crippen LogP contribution in [0.1, 0.15) is 12.8 Å². The lowest BCUT2D eigenvalue weighted by Crippen LogP contribution is -2.37. The summed E-state index contributed by atoms with van der Waals surface area (Å²) in [4.78, 5) is 23.2. The van der Waals surface area contributed by atoms with E-state index in [-0.39, 0.29) is 40.1 Å². The van der Waals surface area contributed by atoms with Crippen LogP contribution >= 0.6 is 15.9 Å². The molecule has 6 atom stereocenters. The number of esters is 1. The summed E-state index contributed by atoms with van der Waals surface area (Å²) in [5.41, 5.74) is 0.110. The molecule has 1 N–H and O–H groups in total. The molecule has 86 valence electrons. The molecule has 1 saturated heterocycles. The molecule has 16 heavy (non-hydrogen) atoms. The predicted molar refractivity (Wildman–Crippen MR) is 55.9 cm³/mol. The Labute approximate surface area is 100 Å². The van der Waals surface area contributed by atoms with Gasteiger partial charge in [-0.3, -0.25) is 9.59 Å². The Morgan fingerprint density at radius 2 is 2.12 bits per heavy atom. The summed E-state index contributed by atoms with van der Waals surface area (Å²) >= 11 is 3.56. The average molecular weight is 287 g/mol. The van der Waals surface area contributed by atoms with E-state index in [1.165, 1.54) is 0 Å². The molecule has 4 fully saturated rings. The van der Waals surface area contributed by atoms with Crippen LogP contribution in [0.2, 0.25) is 0 Å². The number of rotatable bonds is 1. The highest BCUT2D eigenvalue weighted by atomic mass is 79.9. The van der Waals surface area contributed by atoms with Gasteiger partial charge in [-0.2, -0.15) is 0 Å². The van der Waals surface area contributed by atoms with Crippen molar-refractivity contribution in [2.75, 3.05) is 0 Å². The average Bonchev–Trinajstić information content (AvgIpc) is 2.80. The van der Waals surface area contributed by atoms with Crippen molar-refractivity contribution in [3.8, 4) is 0 Å². The number of carbonyl (C=O) groups is 2. The number of aliphatic carboxylic acids is 1. The van der Waals surface area contributed by atoms with Crippen molar-refractivity contribution in [1.82, 2.24) is 0 Å². The lowest BCUT2D eigenvalue weighted by atomic mass is 9.80. The lowest BCUT2D eigenvalue weighted by Gasteiger charge is -2.25. The van der Waals surface area contributed by atoms with Crippen molar-refractivity contribution in [1.29, 1.82) is 0 Å². The molecular weight excluding hydrogens is 276 g/mol. The molecule has 1 aliphatic heterocycles. The Kier molecular flexibility index (Phi) is 1.46. The van der Waals surface area contributed by atoms with E-state index >= 15 is 0 Å². The van der Waals surface area contributed by atoms with Crippen molar-refractivity contribution in [3.05, 3.63) is 0 Å². The van der Waals surface area contributed by atoms with E-state index in [4.69, 9.17) is 4.74 Å². The first-order chi connectivity index (χ1) is 7.58. The van der Waals surface area contributed by atoms with Crippen LogP contribution in [-0.2, 0) is 14.3 Å². The molecule has 4 rings (SSSR count). The number of carbonyl (C=O) groups excluding carboxylic acids is 1. The van der Waals surface area contributed by atoms with E-state index in [0.29, 0.717) is 0 Å². The number of carboxylic acid groups (broad SMARTS) is 1. The van der Waals surface area contributed by atoms with Gasteiger partial charge in [0.1, 0.15) is 6.10 Å². The van der Waals surface area contributed by atoms with E-state index in [0.717, 1.165) is 12.8 Å². The Hall–Kier alpha value is -0.580. The summed E-state index contributed by atoms with van der Waals surface area (Å²) in [7, 11) is 0. The van der Waals surface area contributed by atoms with Gasteiger partial charge in [-0.1, -0.05) is 15.9 Å². The molecular formula is C11H11BrO4. The Bertz CT molecular complexity index is 416. The van der Waals surface area contributed by atoms with Crippen LogP contribution in [0.15, 0.2) is 0 Å².